The largest absolute Gasteiger partial charge is 0.340 e. The van der Waals surface area contributed by atoms with Crippen LogP contribution in [0, 0.1) is 13.8 Å². The third-order valence-electron chi connectivity index (χ3n) is 5.73. The Morgan fingerprint density at radius 1 is 1.10 bits per heavy atom. The lowest BCUT2D eigenvalue weighted by Gasteiger charge is -2.23. The number of carbonyl (C=O) groups is 3. The van der Waals surface area contributed by atoms with Crippen molar-refractivity contribution in [3.63, 3.8) is 0 Å². The fourth-order valence-electron chi connectivity index (χ4n) is 3.72. The van der Waals surface area contributed by atoms with Crippen LogP contribution in [0.5, 0.6) is 0 Å². The first kappa shape index (κ1) is 21.6. The molecule has 3 rings (SSSR count). The Labute approximate surface area is 177 Å². The highest BCUT2D eigenvalue weighted by molar-refractivity contribution is 6.08. The topological polar surface area (TPSA) is 69.7 Å². The van der Waals surface area contributed by atoms with Crippen LogP contribution in [0.1, 0.15) is 35.6 Å². The first-order valence-electron chi connectivity index (χ1n) is 10.2. The summed E-state index contributed by atoms with van der Waals surface area (Å²) < 4.78 is 0. The number of carbonyl (C=O) groups excluding carboxylic acids is 3. The van der Waals surface area contributed by atoms with Crippen LogP contribution in [0.3, 0.4) is 0 Å². The summed E-state index contributed by atoms with van der Waals surface area (Å²) in [6.45, 7) is 5.93. The quantitative estimate of drug-likeness (QED) is 0.717. The van der Waals surface area contributed by atoms with Gasteiger partial charge in [0.05, 0.1) is 0 Å². The molecular weight excluding hydrogens is 378 g/mol. The standard InChI is InChI=1S/C24H29N3O3/c1-17-10-11-20(18(2)14-17)15-26(4)21(28)16-27-22(29)24(3,25-23(27)30)13-12-19-8-6-5-7-9-19/h5-11,14H,12-13,15-16H2,1-4H3,(H,25,30)/t24-/m1/s1. The molecule has 4 amide bonds. The van der Waals surface area contributed by atoms with E-state index in [0.717, 1.165) is 21.6 Å². The lowest BCUT2D eigenvalue weighted by Crippen LogP contribution is -2.45. The molecule has 1 atom stereocenters. The molecule has 0 spiro atoms. The fraction of sp³-hybridized carbons (Fsp3) is 0.375. The molecule has 0 radical (unpaired) electrons. The Morgan fingerprint density at radius 2 is 1.80 bits per heavy atom. The first-order valence-corrected chi connectivity index (χ1v) is 10.2. The molecule has 0 unspecified atom stereocenters. The predicted octanol–water partition coefficient (Wildman–Crippen LogP) is 3.21. The molecule has 158 valence electrons. The van der Waals surface area contributed by atoms with E-state index >= 15 is 0 Å². The number of likely N-dealkylation sites (N-methyl/N-ethyl adjacent to an activating group) is 1. The van der Waals surface area contributed by atoms with Crippen molar-refractivity contribution >= 4 is 17.8 Å². The molecule has 0 bridgehead atoms. The van der Waals surface area contributed by atoms with Gasteiger partial charge in [0.25, 0.3) is 5.91 Å². The molecule has 0 saturated carbocycles. The molecule has 6 heteroatoms. The molecule has 1 aliphatic rings. The summed E-state index contributed by atoms with van der Waals surface area (Å²) in [5, 5.41) is 2.78. The first-order chi connectivity index (χ1) is 14.2. The van der Waals surface area contributed by atoms with Gasteiger partial charge >= 0.3 is 6.03 Å². The highest BCUT2D eigenvalue weighted by Crippen LogP contribution is 2.23. The van der Waals surface area contributed by atoms with Crippen LogP contribution < -0.4 is 5.32 Å². The monoisotopic (exact) mass is 407 g/mol. The molecular formula is C24H29N3O3. The number of rotatable bonds is 7. The van der Waals surface area contributed by atoms with Gasteiger partial charge in [0.15, 0.2) is 0 Å². The van der Waals surface area contributed by atoms with Gasteiger partial charge < -0.3 is 10.2 Å². The third kappa shape index (κ3) is 4.70. The minimum atomic E-state index is -1.00. The molecule has 1 N–H and O–H groups in total. The van der Waals surface area contributed by atoms with E-state index < -0.39 is 11.6 Å². The van der Waals surface area contributed by atoms with E-state index in [4.69, 9.17) is 0 Å². The van der Waals surface area contributed by atoms with E-state index in [-0.39, 0.29) is 18.4 Å². The normalized spacial score (nSPS) is 18.5. The second-order valence-corrected chi connectivity index (χ2v) is 8.32. The van der Waals surface area contributed by atoms with Crippen molar-refractivity contribution in [1.82, 2.24) is 15.1 Å². The van der Waals surface area contributed by atoms with Crippen molar-refractivity contribution in [1.29, 1.82) is 0 Å². The Bertz CT molecular complexity index is 957. The average molecular weight is 408 g/mol. The molecule has 1 saturated heterocycles. The highest BCUT2D eigenvalue weighted by Gasteiger charge is 2.48. The van der Waals surface area contributed by atoms with E-state index in [1.54, 1.807) is 18.9 Å². The second-order valence-electron chi connectivity index (χ2n) is 8.32. The molecule has 0 aromatic heterocycles. The number of nitrogens with zero attached hydrogens (tertiary/aromatic N) is 2. The maximum absolute atomic E-state index is 12.9. The number of nitrogens with one attached hydrogen (secondary N) is 1. The summed E-state index contributed by atoms with van der Waals surface area (Å²) in [4.78, 5) is 40.7. The van der Waals surface area contributed by atoms with Crippen molar-refractivity contribution in [2.45, 2.75) is 45.7 Å². The summed E-state index contributed by atoms with van der Waals surface area (Å²) in [7, 11) is 1.69. The van der Waals surface area contributed by atoms with Gasteiger partial charge in [-0.25, -0.2) is 4.79 Å². The maximum atomic E-state index is 12.9. The predicted molar refractivity (Wildman–Crippen MR) is 116 cm³/mol. The summed E-state index contributed by atoms with van der Waals surface area (Å²) in [5.74, 6) is -0.623. The smallest absolute Gasteiger partial charge is 0.325 e. The summed E-state index contributed by atoms with van der Waals surface area (Å²) in [5.41, 5.74) is 3.42. The average Bonchev–Trinajstić information content (AvgIpc) is 2.92. The zero-order chi connectivity index (χ0) is 21.9. The second kappa shape index (κ2) is 8.69. The van der Waals surface area contributed by atoms with Gasteiger partial charge in [0.2, 0.25) is 5.91 Å². The fourth-order valence-corrected chi connectivity index (χ4v) is 3.72. The number of hydrogen-bond acceptors (Lipinski definition) is 3. The zero-order valence-electron chi connectivity index (χ0n) is 18.1. The van der Waals surface area contributed by atoms with Crippen molar-refractivity contribution in [2.24, 2.45) is 0 Å². The van der Waals surface area contributed by atoms with Gasteiger partial charge in [-0.15, -0.1) is 0 Å². The lowest BCUT2D eigenvalue weighted by molar-refractivity contribution is -0.138. The number of amides is 4. The number of urea groups is 1. The van der Waals surface area contributed by atoms with Crippen molar-refractivity contribution in [2.75, 3.05) is 13.6 Å². The van der Waals surface area contributed by atoms with Crippen LogP contribution in [0.4, 0.5) is 4.79 Å². The van der Waals surface area contributed by atoms with E-state index in [1.165, 1.54) is 5.56 Å². The molecule has 0 aliphatic carbocycles. The number of imide groups is 1. The third-order valence-corrected chi connectivity index (χ3v) is 5.73. The molecule has 2 aromatic carbocycles. The van der Waals surface area contributed by atoms with Gasteiger partial charge in [-0.05, 0) is 50.3 Å². The van der Waals surface area contributed by atoms with Crippen LogP contribution in [0.15, 0.2) is 48.5 Å². The van der Waals surface area contributed by atoms with Gasteiger partial charge in [-0.3, -0.25) is 14.5 Å². The lowest BCUT2D eigenvalue weighted by atomic mass is 9.93. The van der Waals surface area contributed by atoms with Crippen LogP contribution in [0.2, 0.25) is 0 Å². The molecule has 1 heterocycles. The van der Waals surface area contributed by atoms with Crippen molar-refractivity contribution in [3.05, 3.63) is 70.8 Å². The maximum Gasteiger partial charge on any atom is 0.325 e. The van der Waals surface area contributed by atoms with Gasteiger partial charge in [0.1, 0.15) is 12.1 Å². The molecule has 1 fully saturated rings. The van der Waals surface area contributed by atoms with Gasteiger partial charge in [-0.1, -0.05) is 54.1 Å². The van der Waals surface area contributed by atoms with Gasteiger partial charge in [-0.2, -0.15) is 0 Å². The summed E-state index contributed by atoms with van der Waals surface area (Å²) in [6.07, 6.45) is 1.14. The van der Waals surface area contributed by atoms with Gasteiger partial charge in [0, 0.05) is 13.6 Å². The Morgan fingerprint density at radius 3 is 2.47 bits per heavy atom. The Kier molecular flexibility index (Phi) is 6.25. The summed E-state index contributed by atoms with van der Waals surface area (Å²) >= 11 is 0. The van der Waals surface area contributed by atoms with Crippen LogP contribution >= 0.6 is 0 Å². The molecule has 6 nitrogen and oxygen atoms in total. The Balaban J connectivity index is 1.62. The van der Waals surface area contributed by atoms with Crippen molar-refractivity contribution < 1.29 is 14.4 Å². The zero-order valence-corrected chi connectivity index (χ0v) is 18.1. The minimum absolute atomic E-state index is 0.257. The van der Waals surface area contributed by atoms with E-state index in [1.807, 2.05) is 56.3 Å². The minimum Gasteiger partial charge on any atom is -0.340 e. The number of benzene rings is 2. The number of hydrogen-bond donors (Lipinski definition) is 1. The Hall–Kier alpha value is -3.15. The van der Waals surface area contributed by atoms with E-state index in [9.17, 15) is 14.4 Å². The van der Waals surface area contributed by atoms with Crippen LogP contribution in [0.25, 0.3) is 0 Å². The highest BCUT2D eigenvalue weighted by atomic mass is 16.2. The SMILES string of the molecule is Cc1ccc(CN(C)C(=O)CN2C(=O)N[C@](C)(CCc3ccccc3)C2=O)c(C)c1. The van der Waals surface area contributed by atoms with E-state index in [2.05, 4.69) is 11.4 Å². The van der Waals surface area contributed by atoms with Crippen molar-refractivity contribution in [3.8, 4) is 0 Å². The molecule has 1 aliphatic heterocycles. The van der Waals surface area contributed by atoms with Crippen LogP contribution in [-0.4, -0.2) is 46.8 Å². The molecule has 2 aromatic rings. The summed E-state index contributed by atoms with van der Waals surface area (Å²) in [6, 6.07) is 15.4. The molecule has 30 heavy (non-hydrogen) atoms. The van der Waals surface area contributed by atoms with E-state index in [0.29, 0.717) is 19.4 Å². The van der Waals surface area contributed by atoms with Crippen LogP contribution in [-0.2, 0) is 22.6 Å². The number of aryl methyl sites for hydroxylation is 3.